The fourth-order valence-corrected chi connectivity index (χ4v) is 3.23. The van der Waals surface area contributed by atoms with Gasteiger partial charge in [-0.3, -0.25) is 0 Å². The molecule has 100 valence electrons. The van der Waals surface area contributed by atoms with Gasteiger partial charge in [0.2, 0.25) is 0 Å². The van der Waals surface area contributed by atoms with Crippen LogP contribution in [0.3, 0.4) is 0 Å². The van der Waals surface area contributed by atoms with Gasteiger partial charge in [0.05, 0.1) is 5.60 Å². The van der Waals surface area contributed by atoms with E-state index in [-0.39, 0.29) is 5.41 Å². The zero-order valence-electron chi connectivity index (χ0n) is 11.4. The standard InChI is InChI=1S/C16H23ClO/c1-15(2)11-5-3-4-6-12-16(15,18)13-7-9-14(17)10-8-13/h7-10,18H,3-6,11-12H2,1-2H3/t16-/m0/s1. The number of benzene rings is 1. The van der Waals surface area contributed by atoms with E-state index in [0.717, 1.165) is 29.8 Å². The molecule has 0 heterocycles. The molecule has 1 saturated carbocycles. The molecular formula is C16H23ClO. The highest BCUT2D eigenvalue weighted by Crippen LogP contribution is 2.48. The van der Waals surface area contributed by atoms with Crippen molar-refractivity contribution >= 4 is 11.6 Å². The molecule has 0 saturated heterocycles. The maximum atomic E-state index is 11.2. The van der Waals surface area contributed by atoms with Gasteiger partial charge in [-0.25, -0.2) is 0 Å². The molecule has 0 aromatic heterocycles. The second-order valence-corrected chi connectivity index (χ2v) is 6.60. The Bertz CT molecular complexity index is 396. The molecule has 0 amide bonds. The second-order valence-electron chi connectivity index (χ2n) is 6.17. The maximum Gasteiger partial charge on any atom is 0.0947 e. The number of halogens is 1. The number of hydrogen-bond acceptors (Lipinski definition) is 1. The van der Waals surface area contributed by atoms with E-state index in [4.69, 9.17) is 11.6 Å². The van der Waals surface area contributed by atoms with Gasteiger partial charge in [-0.05, 0) is 36.0 Å². The van der Waals surface area contributed by atoms with E-state index in [1.807, 2.05) is 24.3 Å². The van der Waals surface area contributed by atoms with E-state index >= 15 is 0 Å². The van der Waals surface area contributed by atoms with Crippen molar-refractivity contribution in [2.45, 2.75) is 58.0 Å². The van der Waals surface area contributed by atoms with Crippen LogP contribution in [0.2, 0.25) is 5.02 Å². The van der Waals surface area contributed by atoms with E-state index in [2.05, 4.69) is 13.8 Å². The van der Waals surface area contributed by atoms with Crippen LogP contribution in [0.25, 0.3) is 0 Å². The summed E-state index contributed by atoms with van der Waals surface area (Å²) in [6.07, 6.45) is 6.76. The van der Waals surface area contributed by atoms with Crippen LogP contribution in [0.5, 0.6) is 0 Å². The first-order chi connectivity index (χ1) is 8.46. The molecule has 0 aliphatic heterocycles. The highest BCUT2D eigenvalue weighted by molar-refractivity contribution is 6.30. The average Bonchev–Trinajstić information content (AvgIpc) is 2.32. The normalized spacial score (nSPS) is 28.4. The molecule has 1 fully saturated rings. The predicted octanol–water partition coefficient (Wildman–Crippen LogP) is 4.91. The summed E-state index contributed by atoms with van der Waals surface area (Å²) in [4.78, 5) is 0. The van der Waals surface area contributed by atoms with Crippen LogP contribution in [0.1, 0.15) is 57.9 Å². The molecule has 1 aromatic rings. The Morgan fingerprint density at radius 1 is 0.944 bits per heavy atom. The van der Waals surface area contributed by atoms with Crippen molar-refractivity contribution in [2.75, 3.05) is 0 Å². The minimum Gasteiger partial charge on any atom is -0.385 e. The lowest BCUT2D eigenvalue weighted by molar-refractivity contribution is -0.0910. The minimum atomic E-state index is -0.724. The molecule has 1 atom stereocenters. The Labute approximate surface area is 115 Å². The van der Waals surface area contributed by atoms with Crippen LogP contribution >= 0.6 is 11.6 Å². The summed E-state index contributed by atoms with van der Waals surface area (Å²) in [6.45, 7) is 4.37. The summed E-state index contributed by atoms with van der Waals surface area (Å²) < 4.78 is 0. The van der Waals surface area contributed by atoms with Crippen LogP contribution in [0, 0.1) is 5.41 Å². The summed E-state index contributed by atoms with van der Waals surface area (Å²) in [6, 6.07) is 7.71. The first-order valence-corrected chi connectivity index (χ1v) is 7.32. The summed E-state index contributed by atoms with van der Waals surface area (Å²) in [5.41, 5.74) is 0.206. The monoisotopic (exact) mass is 266 g/mol. The van der Waals surface area contributed by atoms with Gasteiger partial charge in [-0.15, -0.1) is 0 Å². The Morgan fingerprint density at radius 3 is 2.11 bits per heavy atom. The third kappa shape index (κ3) is 2.57. The van der Waals surface area contributed by atoms with Gasteiger partial charge in [-0.2, -0.15) is 0 Å². The zero-order valence-corrected chi connectivity index (χ0v) is 12.1. The van der Waals surface area contributed by atoms with Crippen LogP contribution < -0.4 is 0 Å². The lowest BCUT2D eigenvalue weighted by Gasteiger charge is -2.45. The van der Waals surface area contributed by atoms with E-state index in [1.54, 1.807) is 0 Å². The Hall–Kier alpha value is -0.530. The summed E-state index contributed by atoms with van der Waals surface area (Å²) in [5, 5.41) is 12.0. The summed E-state index contributed by atoms with van der Waals surface area (Å²) >= 11 is 5.94. The van der Waals surface area contributed by atoms with E-state index in [1.165, 1.54) is 19.3 Å². The topological polar surface area (TPSA) is 20.2 Å². The van der Waals surface area contributed by atoms with Crippen molar-refractivity contribution in [3.05, 3.63) is 34.9 Å². The van der Waals surface area contributed by atoms with Gasteiger partial charge in [0.1, 0.15) is 0 Å². The lowest BCUT2D eigenvalue weighted by Crippen LogP contribution is -2.42. The number of aliphatic hydroxyl groups is 1. The molecule has 1 nitrogen and oxygen atoms in total. The zero-order chi connectivity index (χ0) is 13.2. The first-order valence-electron chi connectivity index (χ1n) is 6.94. The molecule has 18 heavy (non-hydrogen) atoms. The molecular weight excluding hydrogens is 244 g/mol. The summed E-state index contributed by atoms with van der Waals surface area (Å²) in [5.74, 6) is 0. The smallest absolute Gasteiger partial charge is 0.0947 e. The third-order valence-electron chi connectivity index (χ3n) is 4.53. The molecule has 2 rings (SSSR count). The summed E-state index contributed by atoms with van der Waals surface area (Å²) in [7, 11) is 0. The van der Waals surface area contributed by atoms with Crippen molar-refractivity contribution in [1.29, 1.82) is 0 Å². The Balaban J connectivity index is 2.37. The average molecular weight is 267 g/mol. The van der Waals surface area contributed by atoms with E-state index in [9.17, 15) is 5.11 Å². The van der Waals surface area contributed by atoms with Crippen LogP contribution in [-0.2, 0) is 5.60 Å². The van der Waals surface area contributed by atoms with Gasteiger partial charge in [0.25, 0.3) is 0 Å². The number of rotatable bonds is 1. The van der Waals surface area contributed by atoms with Gasteiger partial charge >= 0.3 is 0 Å². The van der Waals surface area contributed by atoms with Gasteiger partial charge in [0, 0.05) is 5.02 Å². The molecule has 0 bridgehead atoms. The molecule has 1 aliphatic rings. The second kappa shape index (κ2) is 5.22. The van der Waals surface area contributed by atoms with Gasteiger partial charge in [-0.1, -0.05) is 63.3 Å². The molecule has 1 aliphatic carbocycles. The van der Waals surface area contributed by atoms with E-state index in [0.29, 0.717) is 0 Å². The molecule has 1 aromatic carbocycles. The minimum absolute atomic E-state index is 0.0821. The number of hydrogen-bond donors (Lipinski definition) is 1. The third-order valence-corrected chi connectivity index (χ3v) is 4.78. The van der Waals surface area contributed by atoms with Crippen LogP contribution in [-0.4, -0.2) is 5.11 Å². The van der Waals surface area contributed by atoms with Crippen molar-refractivity contribution in [3.8, 4) is 0 Å². The molecule has 0 spiro atoms. The molecule has 0 radical (unpaired) electrons. The van der Waals surface area contributed by atoms with Crippen molar-refractivity contribution in [2.24, 2.45) is 5.41 Å². The maximum absolute atomic E-state index is 11.2. The highest BCUT2D eigenvalue weighted by atomic mass is 35.5. The van der Waals surface area contributed by atoms with Crippen LogP contribution in [0.4, 0.5) is 0 Å². The van der Waals surface area contributed by atoms with Gasteiger partial charge in [0.15, 0.2) is 0 Å². The lowest BCUT2D eigenvalue weighted by atomic mass is 9.65. The Morgan fingerprint density at radius 2 is 1.50 bits per heavy atom. The quantitative estimate of drug-likeness (QED) is 0.766. The van der Waals surface area contributed by atoms with Crippen molar-refractivity contribution in [1.82, 2.24) is 0 Å². The largest absolute Gasteiger partial charge is 0.385 e. The predicted molar refractivity (Wildman–Crippen MR) is 76.8 cm³/mol. The van der Waals surface area contributed by atoms with Crippen molar-refractivity contribution < 1.29 is 5.11 Å². The van der Waals surface area contributed by atoms with E-state index < -0.39 is 5.60 Å². The first kappa shape index (κ1) is 13.9. The molecule has 1 N–H and O–H groups in total. The van der Waals surface area contributed by atoms with Gasteiger partial charge < -0.3 is 5.11 Å². The fraction of sp³-hybridized carbons (Fsp3) is 0.625. The Kier molecular flexibility index (Phi) is 4.03. The molecule has 2 heteroatoms. The highest BCUT2D eigenvalue weighted by Gasteiger charge is 2.44. The van der Waals surface area contributed by atoms with Crippen LogP contribution in [0.15, 0.2) is 24.3 Å². The fourth-order valence-electron chi connectivity index (χ4n) is 3.11. The SMILES string of the molecule is CC1(C)CCCCCC[C@]1(O)c1ccc(Cl)cc1. The molecule has 0 unspecified atom stereocenters. The van der Waals surface area contributed by atoms with Crippen molar-refractivity contribution in [3.63, 3.8) is 0 Å².